The van der Waals surface area contributed by atoms with Gasteiger partial charge in [-0.25, -0.2) is 9.37 Å². The third-order valence-electron chi connectivity index (χ3n) is 5.74. The first-order valence-electron chi connectivity index (χ1n) is 11.6. The number of amides is 2. The fraction of sp³-hybridized carbons (Fsp3) is 0.185. The highest BCUT2D eigenvalue weighted by molar-refractivity contribution is 6.30. The molecule has 4 aromatic rings. The monoisotopic (exact) mass is 536 g/mol. The van der Waals surface area contributed by atoms with E-state index in [1.54, 1.807) is 67.6 Å². The van der Waals surface area contributed by atoms with Crippen molar-refractivity contribution < 1.29 is 19.1 Å². The Kier molecular flexibility index (Phi) is 8.04. The van der Waals surface area contributed by atoms with Gasteiger partial charge in [-0.1, -0.05) is 23.7 Å². The minimum atomic E-state index is -0.628. The highest BCUT2D eigenvalue weighted by atomic mass is 35.5. The van der Waals surface area contributed by atoms with Gasteiger partial charge in [0.15, 0.2) is 0 Å². The number of benzene rings is 2. The van der Waals surface area contributed by atoms with E-state index < -0.39 is 17.8 Å². The van der Waals surface area contributed by atoms with Crippen LogP contribution in [0, 0.1) is 12.7 Å². The Morgan fingerprint density at radius 3 is 2.68 bits per heavy atom. The summed E-state index contributed by atoms with van der Waals surface area (Å²) in [5.41, 5.74) is 2.16. The lowest BCUT2D eigenvalue weighted by Crippen LogP contribution is -2.30. The number of aryl methyl sites for hydroxylation is 1. The third kappa shape index (κ3) is 5.99. The minimum Gasteiger partial charge on any atom is -0.394 e. The SMILES string of the molecule is Cc1cnc(Nc2ccc(F)c(C(=O)N(C)C)c2)nc1-n1ccc(C(=O)NC(CO)c2cccc(Cl)c2)c1. The quantitative estimate of drug-likeness (QED) is 0.310. The predicted octanol–water partition coefficient (Wildman–Crippen LogP) is 4.28. The summed E-state index contributed by atoms with van der Waals surface area (Å²) in [7, 11) is 3.09. The lowest BCUT2D eigenvalue weighted by Gasteiger charge is -2.16. The summed E-state index contributed by atoms with van der Waals surface area (Å²) in [6, 6.07) is 12.0. The zero-order chi connectivity index (χ0) is 27.4. The molecule has 0 spiro atoms. The molecule has 0 aliphatic heterocycles. The molecule has 2 amide bonds. The number of carbonyl (C=O) groups is 2. The van der Waals surface area contributed by atoms with Crippen LogP contribution in [-0.2, 0) is 0 Å². The van der Waals surface area contributed by atoms with Crippen LogP contribution in [0.4, 0.5) is 16.0 Å². The molecule has 0 saturated carbocycles. The highest BCUT2D eigenvalue weighted by Crippen LogP contribution is 2.22. The molecule has 2 aromatic heterocycles. The maximum Gasteiger partial charge on any atom is 0.256 e. The molecular formula is C27H26ClFN6O3. The molecule has 0 radical (unpaired) electrons. The van der Waals surface area contributed by atoms with E-state index in [9.17, 15) is 19.1 Å². The Morgan fingerprint density at radius 1 is 1.18 bits per heavy atom. The molecule has 3 N–H and O–H groups in total. The van der Waals surface area contributed by atoms with Gasteiger partial charge in [-0.3, -0.25) is 9.59 Å². The Labute approximate surface area is 223 Å². The van der Waals surface area contributed by atoms with Crippen molar-refractivity contribution in [2.24, 2.45) is 0 Å². The van der Waals surface area contributed by atoms with Crippen molar-refractivity contribution in [3.63, 3.8) is 0 Å². The summed E-state index contributed by atoms with van der Waals surface area (Å²) >= 11 is 6.04. The van der Waals surface area contributed by atoms with Crippen LogP contribution in [-0.4, -0.2) is 57.1 Å². The highest BCUT2D eigenvalue weighted by Gasteiger charge is 2.18. The molecule has 9 nitrogen and oxygen atoms in total. The topological polar surface area (TPSA) is 112 Å². The van der Waals surface area contributed by atoms with Gasteiger partial charge in [0.2, 0.25) is 5.95 Å². The molecule has 38 heavy (non-hydrogen) atoms. The lowest BCUT2D eigenvalue weighted by atomic mass is 10.1. The largest absolute Gasteiger partial charge is 0.394 e. The smallest absolute Gasteiger partial charge is 0.256 e. The van der Waals surface area contributed by atoms with E-state index in [1.165, 1.54) is 23.1 Å². The van der Waals surface area contributed by atoms with Crippen LogP contribution in [0.3, 0.4) is 0 Å². The van der Waals surface area contributed by atoms with Gasteiger partial charge < -0.3 is 25.2 Å². The van der Waals surface area contributed by atoms with E-state index >= 15 is 0 Å². The average Bonchev–Trinajstić information content (AvgIpc) is 3.39. The molecule has 0 saturated heterocycles. The Hall–Kier alpha value is -4.28. The molecule has 2 aromatic carbocycles. The van der Waals surface area contributed by atoms with Crippen molar-refractivity contribution in [3.8, 4) is 5.82 Å². The molecule has 2 heterocycles. The number of rotatable bonds is 8. The number of nitrogens with zero attached hydrogens (tertiary/aromatic N) is 4. The van der Waals surface area contributed by atoms with Crippen molar-refractivity contribution in [2.75, 3.05) is 26.0 Å². The van der Waals surface area contributed by atoms with Crippen molar-refractivity contribution >= 4 is 35.1 Å². The molecule has 0 aliphatic rings. The van der Waals surface area contributed by atoms with Crippen LogP contribution in [0.15, 0.2) is 67.1 Å². The molecule has 196 valence electrons. The average molecular weight is 537 g/mol. The second kappa shape index (κ2) is 11.4. The van der Waals surface area contributed by atoms with Gasteiger partial charge >= 0.3 is 0 Å². The lowest BCUT2D eigenvalue weighted by molar-refractivity contribution is 0.0822. The van der Waals surface area contributed by atoms with Crippen molar-refractivity contribution in [3.05, 3.63) is 100 Å². The zero-order valence-corrected chi connectivity index (χ0v) is 21.7. The third-order valence-corrected chi connectivity index (χ3v) is 5.98. The number of hydrogen-bond donors (Lipinski definition) is 3. The first-order chi connectivity index (χ1) is 18.2. The summed E-state index contributed by atoms with van der Waals surface area (Å²) in [5.74, 6) is -0.731. The zero-order valence-electron chi connectivity index (χ0n) is 20.9. The van der Waals surface area contributed by atoms with Crippen molar-refractivity contribution in [1.29, 1.82) is 0 Å². The molecular weight excluding hydrogens is 511 g/mol. The summed E-state index contributed by atoms with van der Waals surface area (Å²) in [5, 5.41) is 16.1. The summed E-state index contributed by atoms with van der Waals surface area (Å²) in [6.07, 6.45) is 4.92. The van der Waals surface area contributed by atoms with E-state index in [1.807, 2.05) is 6.92 Å². The second-order valence-electron chi connectivity index (χ2n) is 8.79. The van der Waals surface area contributed by atoms with Gasteiger partial charge in [-0.05, 0) is 48.9 Å². The van der Waals surface area contributed by atoms with Gasteiger partial charge in [0.05, 0.1) is 23.8 Å². The van der Waals surface area contributed by atoms with Gasteiger partial charge in [-0.2, -0.15) is 4.98 Å². The molecule has 0 fully saturated rings. The van der Waals surface area contributed by atoms with Crippen LogP contribution in [0.25, 0.3) is 5.82 Å². The molecule has 1 atom stereocenters. The Balaban J connectivity index is 1.54. The minimum absolute atomic E-state index is 0.0765. The number of aliphatic hydroxyl groups excluding tert-OH is 1. The summed E-state index contributed by atoms with van der Waals surface area (Å²) in [4.78, 5) is 35.3. The molecule has 11 heteroatoms. The second-order valence-corrected chi connectivity index (χ2v) is 9.23. The van der Waals surface area contributed by atoms with Crippen LogP contribution in [0.1, 0.15) is 37.9 Å². The number of nitrogens with one attached hydrogen (secondary N) is 2. The van der Waals surface area contributed by atoms with Gasteiger partial charge in [0.25, 0.3) is 11.8 Å². The fourth-order valence-corrected chi connectivity index (χ4v) is 3.95. The molecule has 0 aliphatic carbocycles. The molecule has 4 rings (SSSR count). The Bertz CT molecular complexity index is 1490. The number of aromatic nitrogens is 3. The number of aliphatic hydroxyl groups is 1. The molecule has 0 bridgehead atoms. The number of hydrogen-bond acceptors (Lipinski definition) is 6. The van der Waals surface area contributed by atoms with Crippen molar-refractivity contribution in [1.82, 2.24) is 24.8 Å². The van der Waals surface area contributed by atoms with Crippen LogP contribution in [0.2, 0.25) is 5.02 Å². The van der Waals surface area contributed by atoms with Gasteiger partial charge in [0, 0.05) is 49.0 Å². The van der Waals surface area contributed by atoms with Crippen LogP contribution < -0.4 is 10.6 Å². The maximum absolute atomic E-state index is 14.2. The van der Waals surface area contributed by atoms with E-state index in [0.717, 1.165) is 5.56 Å². The number of anilines is 2. The first-order valence-corrected chi connectivity index (χ1v) is 12.0. The maximum atomic E-state index is 14.2. The summed E-state index contributed by atoms with van der Waals surface area (Å²) in [6.45, 7) is 1.53. The Morgan fingerprint density at radius 2 is 1.97 bits per heavy atom. The van der Waals surface area contributed by atoms with E-state index in [0.29, 0.717) is 27.7 Å². The number of carbonyl (C=O) groups excluding carboxylic acids is 2. The fourth-order valence-electron chi connectivity index (χ4n) is 3.75. The number of halogens is 2. The van der Waals surface area contributed by atoms with E-state index in [4.69, 9.17) is 11.6 Å². The van der Waals surface area contributed by atoms with Crippen LogP contribution in [0.5, 0.6) is 0 Å². The predicted molar refractivity (Wildman–Crippen MR) is 143 cm³/mol. The summed E-state index contributed by atoms with van der Waals surface area (Å²) < 4.78 is 15.9. The van der Waals surface area contributed by atoms with Crippen molar-refractivity contribution in [2.45, 2.75) is 13.0 Å². The van der Waals surface area contributed by atoms with Gasteiger partial charge in [0.1, 0.15) is 11.6 Å². The van der Waals surface area contributed by atoms with Gasteiger partial charge in [-0.15, -0.1) is 0 Å². The first kappa shape index (κ1) is 26.8. The normalized spacial score (nSPS) is 11.6. The standard InChI is InChI=1S/C27H26ClFN6O3/c1-16-13-30-27(31-20-7-8-22(29)21(12-20)26(38)34(2)3)33-24(16)35-10-9-18(14-35)25(37)32-23(15-36)17-5-4-6-19(28)11-17/h4-14,23,36H,15H2,1-3H3,(H,32,37)(H,30,31,33). The van der Waals surface area contributed by atoms with E-state index in [2.05, 4.69) is 20.6 Å². The van der Waals surface area contributed by atoms with Crippen LogP contribution >= 0.6 is 11.6 Å². The van der Waals surface area contributed by atoms with E-state index in [-0.39, 0.29) is 24.0 Å². The molecule has 1 unspecified atom stereocenters.